The molecule has 0 bridgehead atoms. The van der Waals surface area contributed by atoms with E-state index in [0.717, 1.165) is 8.97 Å². The quantitative estimate of drug-likeness (QED) is 0.371. The number of benzene rings is 2. The summed E-state index contributed by atoms with van der Waals surface area (Å²) in [6.07, 6.45) is 2.38. The summed E-state index contributed by atoms with van der Waals surface area (Å²) in [6, 6.07) is 22.7. The average Bonchev–Trinajstić information content (AvgIpc) is 2.61. The van der Waals surface area contributed by atoms with Crippen molar-refractivity contribution in [2.24, 2.45) is 0 Å². The summed E-state index contributed by atoms with van der Waals surface area (Å²) in [5.74, 6) is 0. The highest BCUT2D eigenvalue weighted by Gasteiger charge is 2.23. The number of hydrogen-bond donors (Lipinski definition) is 0. The Bertz CT molecular complexity index is 762. The molecule has 176 valence electrons. The van der Waals surface area contributed by atoms with Crippen LogP contribution in [0.5, 0.6) is 0 Å². The largest absolute Gasteiger partial charge is 0.759 e. The molecule has 2 aromatic rings. The molecular weight excluding hydrogens is 412 g/mol. The topological polar surface area (TPSA) is 80.3 Å². The minimum absolute atomic E-state index is 0.612. The zero-order valence-corrected chi connectivity index (χ0v) is 21.1. The van der Waals surface area contributed by atoms with Gasteiger partial charge in [0.1, 0.15) is 12.1 Å². The van der Waals surface area contributed by atoms with E-state index in [1.54, 1.807) is 0 Å². The molecule has 0 spiro atoms. The van der Waals surface area contributed by atoms with Gasteiger partial charge in [-0.3, -0.25) is 8.42 Å². The first-order chi connectivity index (χ1) is 14.1. The second-order valence-corrected chi connectivity index (χ2v) is 10.1. The molecule has 0 radical (unpaired) electrons. The Morgan fingerprint density at radius 2 is 0.871 bits per heavy atom. The first-order valence-electron chi connectivity index (χ1n) is 10.5. The lowest BCUT2D eigenvalue weighted by molar-refractivity contribution is -0.902. The zero-order chi connectivity index (χ0) is 24.3. The number of rotatable bonds is 6. The van der Waals surface area contributed by atoms with Crippen LogP contribution < -0.4 is 0 Å². The highest BCUT2D eigenvalue weighted by molar-refractivity contribution is 7.79. The van der Waals surface area contributed by atoms with Crippen LogP contribution in [0.2, 0.25) is 0 Å². The maximum Gasteiger partial charge on any atom is 0.114 e. The fourth-order valence-electron chi connectivity index (χ4n) is 3.81. The Hall–Kier alpha value is -1.77. The lowest BCUT2D eigenvalue weighted by Crippen LogP contribution is -2.38. The molecule has 31 heavy (non-hydrogen) atoms. The van der Waals surface area contributed by atoms with Crippen LogP contribution in [0.1, 0.15) is 49.9 Å². The minimum Gasteiger partial charge on any atom is -0.759 e. The van der Waals surface area contributed by atoms with E-state index in [-0.39, 0.29) is 0 Å². The van der Waals surface area contributed by atoms with Crippen molar-refractivity contribution < 1.29 is 26.5 Å². The molecule has 0 N–H and O–H groups in total. The number of hydrogen-bond acceptors (Lipinski definition) is 4. The number of nitrogens with zero attached hydrogens (tertiary/aromatic N) is 2. The van der Waals surface area contributed by atoms with Gasteiger partial charge in [-0.1, -0.05) is 74.5 Å². The van der Waals surface area contributed by atoms with Gasteiger partial charge < -0.3 is 18.1 Å². The molecule has 2 atom stereocenters. The third-order valence-electron chi connectivity index (χ3n) is 5.01. The summed E-state index contributed by atoms with van der Waals surface area (Å²) in [4.78, 5) is 0. The van der Waals surface area contributed by atoms with E-state index in [4.69, 9.17) is 17.5 Å². The highest BCUT2D eigenvalue weighted by atomic mass is 32.3. The van der Waals surface area contributed by atoms with Crippen molar-refractivity contribution in [3.05, 3.63) is 71.8 Å². The van der Waals surface area contributed by atoms with Gasteiger partial charge in [0.05, 0.1) is 42.3 Å². The number of quaternary nitrogens is 2. The fourth-order valence-corrected chi connectivity index (χ4v) is 3.81. The van der Waals surface area contributed by atoms with Crippen molar-refractivity contribution in [1.29, 1.82) is 0 Å². The molecule has 6 nitrogen and oxygen atoms in total. The Morgan fingerprint density at radius 1 is 0.645 bits per heavy atom. The van der Waals surface area contributed by atoms with E-state index in [1.165, 1.54) is 24.0 Å². The van der Waals surface area contributed by atoms with Crippen LogP contribution in [0.4, 0.5) is 0 Å². The molecule has 2 aromatic carbocycles. The fraction of sp³-hybridized carbons (Fsp3) is 0.500. The molecule has 0 aliphatic rings. The predicted octanol–water partition coefficient (Wildman–Crippen LogP) is 4.35. The van der Waals surface area contributed by atoms with Crippen LogP contribution in [0.15, 0.2) is 60.7 Å². The van der Waals surface area contributed by atoms with Crippen LogP contribution >= 0.6 is 0 Å². The van der Waals surface area contributed by atoms with Gasteiger partial charge in [-0.2, -0.15) is 0 Å². The van der Waals surface area contributed by atoms with Crippen LogP contribution in [-0.4, -0.2) is 68.8 Å². The lowest BCUT2D eigenvalue weighted by Gasteiger charge is -2.33. The summed E-state index contributed by atoms with van der Waals surface area (Å²) in [5, 5.41) is 0. The van der Waals surface area contributed by atoms with Gasteiger partial charge in [-0.25, -0.2) is 0 Å². The van der Waals surface area contributed by atoms with E-state index in [1.807, 2.05) is 0 Å². The smallest absolute Gasteiger partial charge is 0.114 e. The second-order valence-electron chi connectivity index (χ2n) is 9.31. The molecule has 7 heteroatoms. The zero-order valence-electron chi connectivity index (χ0n) is 20.3. The summed E-state index contributed by atoms with van der Waals surface area (Å²) >= 11 is 0. The minimum atomic E-state index is -5.17. The summed E-state index contributed by atoms with van der Waals surface area (Å²) < 4.78 is 36.1. The van der Waals surface area contributed by atoms with Gasteiger partial charge in [0.15, 0.2) is 0 Å². The van der Waals surface area contributed by atoms with E-state index in [0.29, 0.717) is 12.1 Å². The standard InChI is InChI=1S/2C12H20N.H2O4S/c2*1-5-12(13(2,3)4)11-9-7-6-8-10-11;1-5(2,3)4/h2*6-10,12H,5H2,1-4H3;(H2,1,2,3,4)/q2*+1;/p-2. The van der Waals surface area contributed by atoms with Crippen molar-refractivity contribution in [3.8, 4) is 0 Å². The maximum absolute atomic E-state index is 8.52. The Morgan fingerprint density at radius 3 is 1.03 bits per heavy atom. The van der Waals surface area contributed by atoms with Gasteiger partial charge in [0.2, 0.25) is 0 Å². The molecule has 0 amide bonds. The Labute approximate surface area is 189 Å². The predicted molar refractivity (Wildman–Crippen MR) is 125 cm³/mol. The lowest BCUT2D eigenvalue weighted by atomic mass is 10.0. The molecule has 2 rings (SSSR count). The third kappa shape index (κ3) is 13.3. The maximum atomic E-state index is 8.52. The van der Waals surface area contributed by atoms with Gasteiger partial charge >= 0.3 is 0 Å². The van der Waals surface area contributed by atoms with Crippen molar-refractivity contribution in [1.82, 2.24) is 0 Å². The van der Waals surface area contributed by atoms with Crippen LogP contribution in [-0.2, 0) is 10.4 Å². The van der Waals surface area contributed by atoms with E-state index >= 15 is 0 Å². The molecule has 0 saturated carbocycles. The summed E-state index contributed by atoms with van der Waals surface area (Å²) in [6.45, 7) is 4.50. The molecule has 0 heterocycles. The molecule has 0 saturated heterocycles. The summed E-state index contributed by atoms with van der Waals surface area (Å²) in [7, 11) is 8.34. The van der Waals surface area contributed by atoms with Gasteiger partial charge in [-0.05, 0) is 0 Å². The van der Waals surface area contributed by atoms with Crippen LogP contribution in [0.25, 0.3) is 0 Å². The van der Waals surface area contributed by atoms with Gasteiger partial charge in [-0.15, -0.1) is 0 Å². The Kier molecular flexibility index (Phi) is 12.2. The van der Waals surface area contributed by atoms with Crippen molar-refractivity contribution >= 4 is 10.4 Å². The van der Waals surface area contributed by atoms with Gasteiger partial charge in [0.25, 0.3) is 0 Å². The normalized spacial score (nSPS) is 13.7. The van der Waals surface area contributed by atoms with Crippen LogP contribution in [0.3, 0.4) is 0 Å². The Balaban J connectivity index is 0.000000479. The highest BCUT2D eigenvalue weighted by Crippen LogP contribution is 2.26. The monoisotopic (exact) mass is 452 g/mol. The average molecular weight is 453 g/mol. The first-order valence-corrected chi connectivity index (χ1v) is 11.8. The first kappa shape index (κ1) is 29.2. The van der Waals surface area contributed by atoms with Crippen LogP contribution in [0, 0.1) is 0 Å². The molecule has 0 aromatic heterocycles. The van der Waals surface area contributed by atoms with E-state index in [2.05, 4.69) is 117 Å². The van der Waals surface area contributed by atoms with E-state index < -0.39 is 10.4 Å². The van der Waals surface area contributed by atoms with E-state index in [9.17, 15) is 0 Å². The van der Waals surface area contributed by atoms with Gasteiger partial charge in [0, 0.05) is 34.4 Å². The molecule has 0 aliphatic heterocycles. The van der Waals surface area contributed by atoms with Crippen molar-refractivity contribution in [2.75, 3.05) is 42.3 Å². The summed E-state index contributed by atoms with van der Waals surface area (Å²) in [5.41, 5.74) is 2.88. The van der Waals surface area contributed by atoms with Crippen molar-refractivity contribution in [3.63, 3.8) is 0 Å². The SMILES string of the molecule is CCC(c1ccccc1)[N+](C)(C)C.CCC(c1ccccc1)[N+](C)(C)C.O=S(=O)([O-])[O-]. The second kappa shape index (κ2) is 12.9. The molecule has 2 unspecified atom stereocenters. The molecule has 0 fully saturated rings. The van der Waals surface area contributed by atoms with Crippen molar-refractivity contribution in [2.45, 2.75) is 38.8 Å². The third-order valence-corrected chi connectivity index (χ3v) is 5.01. The molecule has 0 aliphatic carbocycles. The molecular formula is C24H40N2O4S.